The first-order valence-corrected chi connectivity index (χ1v) is 7.39. The van der Waals surface area contributed by atoms with Crippen LogP contribution in [-0.2, 0) is 9.53 Å². The molecule has 1 aromatic carbocycles. The zero-order chi connectivity index (χ0) is 15.2. The van der Waals surface area contributed by atoms with Gasteiger partial charge in [-0.2, -0.15) is 0 Å². The number of nitrogens with two attached hydrogens (primary N) is 1. The summed E-state index contributed by atoms with van der Waals surface area (Å²) < 4.78 is 10.0. The predicted octanol–water partition coefficient (Wildman–Crippen LogP) is 2.67. The van der Waals surface area contributed by atoms with Crippen LogP contribution in [-0.4, -0.2) is 26.7 Å². The van der Waals surface area contributed by atoms with Crippen molar-refractivity contribution in [3.8, 4) is 5.75 Å². The Kier molecular flexibility index (Phi) is 5.31. The molecule has 2 rings (SSSR count). The molecule has 1 saturated carbocycles. The monoisotopic (exact) mass is 292 g/mol. The second-order valence-corrected chi connectivity index (χ2v) is 5.57. The number of hydrogen-bond donors (Lipinski definition) is 2. The van der Waals surface area contributed by atoms with Crippen molar-refractivity contribution >= 4 is 17.3 Å². The van der Waals surface area contributed by atoms with E-state index in [0.29, 0.717) is 5.92 Å². The van der Waals surface area contributed by atoms with Gasteiger partial charge in [-0.05, 0) is 43.7 Å². The molecule has 116 valence electrons. The van der Waals surface area contributed by atoms with Gasteiger partial charge in [0.1, 0.15) is 5.75 Å². The molecule has 0 bridgehead atoms. The maximum absolute atomic E-state index is 11.5. The van der Waals surface area contributed by atoms with Gasteiger partial charge in [0, 0.05) is 12.6 Å². The molecule has 3 N–H and O–H groups in total. The lowest BCUT2D eigenvalue weighted by molar-refractivity contribution is -0.146. The maximum Gasteiger partial charge on any atom is 0.308 e. The van der Waals surface area contributed by atoms with Crippen LogP contribution < -0.4 is 15.8 Å². The van der Waals surface area contributed by atoms with Crippen LogP contribution in [0, 0.1) is 11.8 Å². The third kappa shape index (κ3) is 4.03. The van der Waals surface area contributed by atoms with Gasteiger partial charge in [-0.3, -0.25) is 4.79 Å². The van der Waals surface area contributed by atoms with Crippen molar-refractivity contribution in [3.05, 3.63) is 18.2 Å². The molecule has 5 nitrogen and oxygen atoms in total. The lowest BCUT2D eigenvalue weighted by Crippen LogP contribution is -2.26. The number of carbonyl (C=O) groups excluding carboxylic acids is 1. The van der Waals surface area contributed by atoms with Gasteiger partial charge < -0.3 is 20.5 Å². The van der Waals surface area contributed by atoms with Crippen molar-refractivity contribution in [2.45, 2.75) is 25.7 Å². The van der Waals surface area contributed by atoms with Gasteiger partial charge in [-0.1, -0.05) is 0 Å². The molecule has 0 aromatic heterocycles. The lowest BCUT2D eigenvalue weighted by Gasteiger charge is -2.27. The van der Waals surface area contributed by atoms with Crippen LogP contribution in [0.2, 0.25) is 0 Å². The first-order chi connectivity index (χ1) is 10.1. The summed E-state index contributed by atoms with van der Waals surface area (Å²) in [5, 5.41) is 3.39. The molecule has 1 aliphatic rings. The average Bonchev–Trinajstić information content (AvgIpc) is 2.54. The summed E-state index contributed by atoms with van der Waals surface area (Å²) in [7, 11) is 3.10. The number of rotatable bonds is 5. The SMILES string of the molecule is COc1ccc(N)c(NC[C@H]2CC[C@H](C(=O)OC)CC2)c1. The first kappa shape index (κ1) is 15.5. The normalized spacial score (nSPS) is 21.6. The molecule has 21 heavy (non-hydrogen) atoms. The summed E-state index contributed by atoms with van der Waals surface area (Å²) >= 11 is 0. The largest absolute Gasteiger partial charge is 0.497 e. The molecular weight excluding hydrogens is 268 g/mol. The molecule has 0 heterocycles. The van der Waals surface area contributed by atoms with Gasteiger partial charge in [0.25, 0.3) is 0 Å². The maximum atomic E-state index is 11.5. The number of methoxy groups -OCH3 is 2. The summed E-state index contributed by atoms with van der Waals surface area (Å²) in [6.07, 6.45) is 3.90. The van der Waals surface area contributed by atoms with E-state index in [-0.39, 0.29) is 11.9 Å². The van der Waals surface area contributed by atoms with Gasteiger partial charge in [0.05, 0.1) is 31.5 Å². The first-order valence-electron chi connectivity index (χ1n) is 7.39. The van der Waals surface area contributed by atoms with E-state index in [9.17, 15) is 4.79 Å². The minimum atomic E-state index is -0.0709. The minimum absolute atomic E-state index is 0.0709. The standard InChI is InChI=1S/C16H24N2O3/c1-20-13-7-8-14(17)15(9-13)18-10-11-3-5-12(6-4-11)16(19)21-2/h7-9,11-12,18H,3-6,10,17H2,1-2H3/t11-,12-. The number of esters is 1. The van der Waals surface area contributed by atoms with E-state index >= 15 is 0 Å². The van der Waals surface area contributed by atoms with E-state index in [1.165, 1.54) is 7.11 Å². The molecule has 0 saturated heterocycles. The highest BCUT2D eigenvalue weighted by atomic mass is 16.5. The lowest BCUT2D eigenvalue weighted by atomic mass is 9.82. The molecule has 0 atom stereocenters. The van der Waals surface area contributed by atoms with Crippen LogP contribution in [0.5, 0.6) is 5.75 Å². The Balaban J connectivity index is 1.83. The predicted molar refractivity (Wildman–Crippen MR) is 83.4 cm³/mol. The van der Waals surface area contributed by atoms with Crippen LogP contribution in [0.15, 0.2) is 18.2 Å². The van der Waals surface area contributed by atoms with Crippen LogP contribution >= 0.6 is 0 Å². The zero-order valence-corrected chi connectivity index (χ0v) is 12.7. The second-order valence-electron chi connectivity index (χ2n) is 5.57. The summed E-state index contributed by atoms with van der Waals surface area (Å²) in [6.45, 7) is 0.866. The topological polar surface area (TPSA) is 73.6 Å². The van der Waals surface area contributed by atoms with Gasteiger partial charge in [-0.25, -0.2) is 0 Å². The third-order valence-corrected chi connectivity index (χ3v) is 4.22. The van der Waals surface area contributed by atoms with E-state index < -0.39 is 0 Å². The number of nitrogen functional groups attached to an aromatic ring is 1. The van der Waals surface area contributed by atoms with Crippen molar-refractivity contribution < 1.29 is 14.3 Å². The molecule has 1 aliphatic carbocycles. The highest BCUT2D eigenvalue weighted by Crippen LogP contribution is 2.31. The highest BCUT2D eigenvalue weighted by molar-refractivity contribution is 5.72. The zero-order valence-electron chi connectivity index (χ0n) is 12.7. The molecule has 1 aromatic rings. The number of anilines is 2. The fraction of sp³-hybridized carbons (Fsp3) is 0.562. The van der Waals surface area contributed by atoms with E-state index in [0.717, 1.165) is 49.4 Å². The Morgan fingerprint density at radius 1 is 1.29 bits per heavy atom. The fourth-order valence-electron chi connectivity index (χ4n) is 2.84. The van der Waals surface area contributed by atoms with Crippen LogP contribution in [0.4, 0.5) is 11.4 Å². The number of benzene rings is 1. The molecule has 0 spiro atoms. The van der Waals surface area contributed by atoms with E-state index in [1.54, 1.807) is 7.11 Å². The van der Waals surface area contributed by atoms with E-state index in [2.05, 4.69) is 5.32 Å². The second kappa shape index (κ2) is 7.20. The van der Waals surface area contributed by atoms with Crippen LogP contribution in [0.3, 0.4) is 0 Å². The Morgan fingerprint density at radius 3 is 2.62 bits per heavy atom. The summed E-state index contributed by atoms with van der Waals surface area (Å²) in [5.74, 6) is 1.36. The van der Waals surface area contributed by atoms with Gasteiger partial charge in [0.15, 0.2) is 0 Å². The Morgan fingerprint density at radius 2 is 2.00 bits per heavy atom. The van der Waals surface area contributed by atoms with Gasteiger partial charge in [0.2, 0.25) is 0 Å². The molecule has 0 amide bonds. The Bertz CT molecular complexity index is 482. The summed E-state index contributed by atoms with van der Waals surface area (Å²) in [5.41, 5.74) is 7.59. The number of hydrogen-bond acceptors (Lipinski definition) is 5. The quantitative estimate of drug-likeness (QED) is 0.644. The van der Waals surface area contributed by atoms with Gasteiger partial charge in [-0.15, -0.1) is 0 Å². The van der Waals surface area contributed by atoms with Crippen LogP contribution in [0.1, 0.15) is 25.7 Å². The van der Waals surface area contributed by atoms with Crippen molar-refractivity contribution in [1.82, 2.24) is 0 Å². The van der Waals surface area contributed by atoms with E-state index in [4.69, 9.17) is 15.2 Å². The number of nitrogens with one attached hydrogen (secondary N) is 1. The smallest absolute Gasteiger partial charge is 0.308 e. The highest BCUT2D eigenvalue weighted by Gasteiger charge is 2.26. The van der Waals surface area contributed by atoms with Crippen molar-refractivity contribution in [2.75, 3.05) is 31.8 Å². The van der Waals surface area contributed by atoms with Crippen molar-refractivity contribution in [2.24, 2.45) is 11.8 Å². The van der Waals surface area contributed by atoms with Crippen LogP contribution in [0.25, 0.3) is 0 Å². The Labute approximate surface area is 125 Å². The summed E-state index contributed by atoms with van der Waals surface area (Å²) in [6, 6.07) is 5.60. The molecule has 0 aliphatic heterocycles. The van der Waals surface area contributed by atoms with E-state index in [1.807, 2.05) is 18.2 Å². The summed E-state index contributed by atoms with van der Waals surface area (Å²) in [4.78, 5) is 11.5. The van der Waals surface area contributed by atoms with Crippen molar-refractivity contribution in [1.29, 1.82) is 0 Å². The third-order valence-electron chi connectivity index (χ3n) is 4.22. The molecule has 0 radical (unpaired) electrons. The molecule has 1 fully saturated rings. The molecular formula is C16H24N2O3. The minimum Gasteiger partial charge on any atom is -0.497 e. The Hall–Kier alpha value is -1.91. The number of ether oxygens (including phenoxy) is 2. The van der Waals surface area contributed by atoms with Gasteiger partial charge >= 0.3 is 5.97 Å². The molecule has 0 unspecified atom stereocenters. The fourth-order valence-corrected chi connectivity index (χ4v) is 2.84. The average molecular weight is 292 g/mol. The number of carbonyl (C=O) groups is 1. The van der Waals surface area contributed by atoms with Crippen molar-refractivity contribution in [3.63, 3.8) is 0 Å². The molecule has 5 heteroatoms.